The zero-order valence-corrected chi connectivity index (χ0v) is 34.6. The van der Waals surface area contributed by atoms with Crippen LogP contribution in [0.3, 0.4) is 0 Å². The maximum atomic E-state index is 13.9. The molecule has 0 spiro atoms. The van der Waals surface area contributed by atoms with Crippen molar-refractivity contribution in [3.63, 3.8) is 0 Å². The Morgan fingerprint density at radius 1 is 0.672 bits per heavy atom. The Hall–Kier alpha value is -6.97. The Morgan fingerprint density at radius 3 is 1.82 bits per heavy atom. The fourth-order valence-corrected chi connectivity index (χ4v) is 9.06. The van der Waals surface area contributed by atoms with Gasteiger partial charge in [-0.05, 0) is 62.7 Å². The van der Waals surface area contributed by atoms with Crippen LogP contribution >= 0.6 is 0 Å². The van der Waals surface area contributed by atoms with E-state index >= 15 is 0 Å². The maximum absolute atomic E-state index is 13.9. The van der Waals surface area contributed by atoms with Crippen molar-refractivity contribution in [1.29, 1.82) is 0 Å². The number of tetrazole rings is 1. The first kappa shape index (κ1) is 39.5. The monoisotopic (exact) mass is 803 g/mol. The molecule has 9 rings (SSSR count). The lowest BCUT2D eigenvalue weighted by molar-refractivity contribution is -0.151. The number of benzene rings is 6. The summed E-state index contributed by atoms with van der Waals surface area (Å²) >= 11 is 0. The highest BCUT2D eigenvalue weighted by Gasteiger charge is 2.42. The SMILES string of the molecule is CCCc1nc2c(n1Cc1ccc(-c3ccccc3-c3nnnn3C(c3ccccc3)(c3ccccc3)c3ccccc3)cc1)C(C(=O)OCC)N(Cc1ccccc1)CC2. The van der Waals surface area contributed by atoms with Crippen LogP contribution in [0.2, 0.25) is 0 Å². The van der Waals surface area contributed by atoms with Gasteiger partial charge in [0.05, 0.1) is 18.0 Å². The predicted molar refractivity (Wildman–Crippen MR) is 239 cm³/mol. The van der Waals surface area contributed by atoms with Crippen molar-refractivity contribution >= 4 is 5.97 Å². The largest absolute Gasteiger partial charge is 0.465 e. The molecule has 0 amide bonds. The van der Waals surface area contributed by atoms with E-state index in [2.05, 4.69) is 149 Å². The van der Waals surface area contributed by atoms with Gasteiger partial charge in [-0.3, -0.25) is 4.90 Å². The zero-order chi connectivity index (χ0) is 41.6. The molecule has 304 valence electrons. The normalized spacial score (nSPS) is 14.1. The molecule has 3 heterocycles. The number of ether oxygens (including phenoxy) is 1. The average Bonchev–Trinajstić information content (AvgIpc) is 3.94. The minimum Gasteiger partial charge on any atom is -0.465 e. The highest BCUT2D eigenvalue weighted by atomic mass is 16.5. The third-order valence-corrected chi connectivity index (χ3v) is 11.8. The fraction of sp³-hybridized carbons (Fsp3) is 0.212. The number of aromatic nitrogens is 6. The molecule has 1 aliphatic rings. The number of carbonyl (C=O) groups excluding carboxylic acids is 1. The molecule has 6 aromatic carbocycles. The van der Waals surface area contributed by atoms with E-state index in [9.17, 15) is 4.79 Å². The lowest BCUT2D eigenvalue weighted by Gasteiger charge is -2.36. The van der Waals surface area contributed by atoms with Crippen LogP contribution in [-0.2, 0) is 41.0 Å². The van der Waals surface area contributed by atoms with Crippen LogP contribution in [0.25, 0.3) is 22.5 Å². The summed E-state index contributed by atoms with van der Waals surface area (Å²) in [5.41, 5.74) is 9.43. The summed E-state index contributed by atoms with van der Waals surface area (Å²) in [5.74, 6) is 1.42. The zero-order valence-electron chi connectivity index (χ0n) is 34.6. The van der Waals surface area contributed by atoms with Crippen LogP contribution in [0.4, 0.5) is 0 Å². The number of nitrogens with zero attached hydrogens (tertiary/aromatic N) is 7. The van der Waals surface area contributed by atoms with E-state index in [1.165, 1.54) is 0 Å². The smallest absolute Gasteiger partial charge is 0.329 e. The van der Waals surface area contributed by atoms with Crippen LogP contribution < -0.4 is 0 Å². The van der Waals surface area contributed by atoms with E-state index in [4.69, 9.17) is 20.0 Å². The van der Waals surface area contributed by atoms with Crippen molar-refractivity contribution in [2.24, 2.45) is 0 Å². The molecule has 1 aliphatic heterocycles. The van der Waals surface area contributed by atoms with Crippen molar-refractivity contribution in [3.05, 3.63) is 215 Å². The Kier molecular flexibility index (Phi) is 11.5. The van der Waals surface area contributed by atoms with Crippen molar-refractivity contribution in [2.45, 2.75) is 57.8 Å². The van der Waals surface area contributed by atoms with Gasteiger partial charge in [-0.2, -0.15) is 0 Å². The van der Waals surface area contributed by atoms with Crippen molar-refractivity contribution in [3.8, 4) is 22.5 Å². The van der Waals surface area contributed by atoms with Crippen LogP contribution in [0.15, 0.2) is 170 Å². The summed E-state index contributed by atoms with van der Waals surface area (Å²) in [7, 11) is 0. The number of aryl methyl sites for hydroxylation is 1. The first-order valence-corrected chi connectivity index (χ1v) is 21.3. The van der Waals surface area contributed by atoms with Gasteiger partial charge in [-0.1, -0.05) is 177 Å². The lowest BCUT2D eigenvalue weighted by atomic mass is 9.77. The molecule has 0 N–H and O–H groups in total. The van der Waals surface area contributed by atoms with E-state index in [-0.39, 0.29) is 5.97 Å². The number of imidazole rings is 1. The molecule has 9 nitrogen and oxygen atoms in total. The lowest BCUT2D eigenvalue weighted by Crippen LogP contribution is -2.41. The number of hydrogen-bond donors (Lipinski definition) is 0. The van der Waals surface area contributed by atoms with Gasteiger partial charge in [-0.15, -0.1) is 5.10 Å². The number of rotatable bonds is 14. The Morgan fingerprint density at radius 2 is 1.23 bits per heavy atom. The quantitative estimate of drug-likeness (QED) is 0.0799. The van der Waals surface area contributed by atoms with Crippen LogP contribution in [-0.4, -0.2) is 53.8 Å². The molecule has 0 saturated heterocycles. The molecule has 8 aromatic rings. The molecule has 1 atom stereocenters. The van der Waals surface area contributed by atoms with Crippen molar-refractivity contribution in [1.82, 2.24) is 34.7 Å². The first-order valence-electron chi connectivity index (χ1n) is 21.3. The molecule has 61 heavy (non-hydrogen) atoms. The van der Waals surface area contributed by atoms with E-state index in [0.29, 0.717) is 25.5 Å². The van der Waals surface area contributed by atoms with Gasteiger partial charge in [0, 0.05) is 38.0 Å². The number of hydrogen-bond acceptors (Lipinski definition) is 7. The van der Waals surface area contributed by atoms with Crippen molar-refractivity contribution < 1.29 is 9.53 Å². The van der Waals surface area contributed by atoms with Crippen molar-refractivity contribution in [2.75, 3.05) is 13.2 Å². The van der Waals surface area contributed by atoms with Crippen LogP contribution in [0.5, 0.6) is 0 Å². The third-order valence-electron chi connectivity index (χ3n) is 11.8. The average molecular weight is 804 g/mol. The summed E-state index contributed by atoms with van der Waals surface area (Å²) in [4.78, 5) is 21.3. The second-order valence-electron chi connectivity index (χ2n) is 15.5. The second kappa shape index (κ2) is 17.7. The van der Waals surface area contributed by atoms with E-state index in [0.717, 1.165) is 87.5 Å². The minimum absolute atomic E-state index is 0.228. The Balaban J connectivity index is 1.10. The molecule has 9 heteroatoms. The molecule has 1 unspecified atom stereocenters. The molecular formula is C52H49N7O2. The maximum Gasteiger partial charge on any atom is 0.329 e. The van der Waals surface area contributed by atoms with Gasteiger partial charge in [0.1, 0.15) is 11.4 Å². The van der Waals surface area contributed by atoms with Gasteiger partial charge >= 0.3 is 5.97 Å². The summed E-state index contributed by atoms with van der Waals surface area (Å²) < 4.78 is 10.0. The molecule has 0 bridgehead atoms. The molecule has 0 aliphatic carbocycles. The third kappa shape index (κ3) is 7.57. The van der Waals surface area contributed by atoms with Gasteiger partial charge < -0.3 is 9.30 Å². The molecule has 0 saturated carbocycles. The van der Waals surface area contributed by atoms with Crippen LogP contribution in [0.1, 0.15) is 71.3 Å². The Labute approximate surface area is 357 Å². The van der Waals surface area contributed by atoms with E-state index in [1.54, 1.807) is 0 Å². The van der Waals surface area contributed by atoms with Gasteiger partial charge in [0.2, 0.25) is 0 Å². The summed E-state index contributed by atoms with van der Waals surface area (Å²) in [5, 5.41) is 13.9. The van der Waals surface area contributed by atoms with Gasteiger partial charge in [0.25, 0.3) is 0 Å². The molecule has 0 radical (unpaired) electrons. The minimum atomic E-state index is -0.877. The standard InChI is InChI=1S/C52H49N7O2/c1-3-19-47-53-46-34-35-57(36-38-20-9-5-10-21-38)49(51(60)61-4-2)48(46)58(47)37-39-30-32-40(33-31-39)44-28-17-18-29-45(44)50-54-55-56-59(50)52(41-22-11-6-12-23-41,42-24-13-7-14-25-42)43-26-15-8-16-27-43/h5-18,20-33,49H,3-4,19,34-37H2,1-2H3. The van der Waals surface area contributed by atoms with E-state index < -0.39 is 11.6 Å². The highest BCUT2D eigenvalue weighted by Crippen LogP contribution is 2.43. The summed E-state index contributed by atoms with van der Waals surface area (Å²) in [6.45, 7) is 6.33. The Bertz CT molecular complexity index is 2600. The summed E-state index contributed by atoms with van der Waals surface area (Å²) in [6.07, 6.45) is 2.54. The van der Waals surface area contributed by atoms with E-state index in [1.807, 2.05) is 54.1 Å². The summed E-state index contributed by atoms with van der Waals surface area (Å²) in [6, 6.07) is 58.3. The topological polar surface area (TPSA) is 91.0 Å². The first-order chi connectivity index (χ1) is 30.1. The predicted octanol–water partition coefficient (Wildman–Crippen LogP) is 9.71. The fourth-order valence-electron chi connectivity index (χ4n) is 9.06. The molecule has 0 fully saturated rings. The highest BCUT2D eigenvalue weighted by molar-refractivity contribution is 5.81. The second-order valence-corrected chi connectivity index (χ2v) is 15.5. The number of fused-ring (bicyclic) bond motifs is 1. The molecule has 2 aromatic heterocycles. The molecular weight excluding hydrogens is 755 g/mol. The van der Waals surface area contributed by atoms with Gasteiger partial charge in [0.15, 0.2) is 11.9 Å². The van der Waals surface area contributed by atoms with Gasteiger partial charge in [-0.25, -0.2) is 14.5 Å². The number of esters is 1. The number of carbonyl (C=O) groups is 1. The van der Waals surface area contributed by atoms with Crippen LogP contribution in [0, 0.1) is 0 Å².